The standard InChI is InChI=1S/C7H7BrO3/c1-10-7-4-11-5(3-8)2-6(7)9/h2,4H,3H2,1H3. The summed E-state index contributed by atoms with van der Waals surface area (Å²) in [6, 6.07) is 1.40. The molecule has 0 N–H and O–H groups in total. The predicted octanol–water partition coefficient (Wildman–Crippen LogP) is 1.54. The van der Waals surface area contributed by atoms with E-state index in [0.717, 1.165) is 0 Å². The van der Waals surface area contributed by atoms with Crippen LogP contribution in [0.2, 0.25) is 0 Å². The largest absolute Gasteiger partial charge is 0.490 e. The third-order valence-electron chi connectivity index (χ3n) is 1.20. The van der Waals surface area contributed by atoms with Gasteiger partial charge in [-0.1, -0.05) is 15.9 Å². The van der Waals surface area contributed by atoms with Gasteiger partial charge in [0, 0.05) is 6.07 Å². The van der Waals surface area contributed by atoms with Gasteiger partial charge in [-0.05, 0) is 0 Å². The fourth-order valence-corrected chi connectivity index (χ4v) is 0.951. The smallest absolute Gasteiger partial charge is 0.227 e. The maximum absolute atomic E-state index is 11.0. The van der Waals surface area contributed by atoms with Crippen LogP contribution in [-0.2, 0) is 5.33 Å². The first-order chi connectivity index (χ1) is 5.27. The number of rotatable bonds is 2. The van der Waals surface area contributed by atoms with Crippen molar-refractivity contribution in [3.8, 4) is 5.75 Å². The van der Waals surface area contributed by atoms with Crippen molar-refractivity contribution in [1.29, 1.82) is 0 Å². The van der Waals surface area contributed by atoms with Gasteiger partial charge in [-0.25, -0.2) is 0 Å². The van der Waals surface area contributed by atoms with E-state index in [9.17, 15) is 4.79 Å². The summed E-state index contributed by atoms with van der Waals surface area (Å²) in [7, 11) is 1.43. The summed E-state index contributed by atoms with van der Waals surface area (Å²) >= 11 is 3.16. The zero-order valence-corrected chi connectivity index (χ0v) is 7.55. The molecular formula is C7H7BrO3. The minimum absolute atomic E-state index is 0.159. The lowest BCUT2D eigenvalue weighted by molar-refractivity contribution is 0.381. The summed E-state index contributed by atoms with van der Waals surface area (Å²) in [6.07, 6.45) is 1.30. The Hall–Kier alpha value is -0.770. The first-order valence-corrected chi connectivity index (χ1v) is 4.11. The molecule has 0 bridgehead atoms. The van der Waals surface area contributed by atoms with Crippen molar-refractivity contribution in [2.75, 3.05) is 7.11 Å². The first kappa shape index (κ1) is 8.33. The van der Waals surface area contributed by atoms with Crippen LogP contribution >= 0.6 is 15.9 Å². The van der Waals surface area contributed by atoms with Gasteiger partial charge >= 0.3 is 0 Å². The molecule has 0 amide bonds. The van der Waals surface area contributed by atoms with E-state index in [1.54, 1.807) is 0 Å². The number of hydrogen-bond donors (Lipinski definition) is 0. The van der Waals surface area contributed by atoms with E-state index in [-0.39, 0.29) is 11.2 Å². The van der Waals surface area contributed by atoms with E-state index in [4.69, 9.17) is 9.15 Å². The van der Waals surface area contributed by atoms with Gasteiger partial charge in [0.25, 0.3) is 0 Å². The molecule has 0 saturated heterocycles. The van der Waals surface area contributed by atoms with Crippen LogP contribution in [-0.4, -0.2) is 7.11 Å². The normalized spacial score (nSPS) is 9.64. The SMILES string of the molecule is COc1coc(CBr)cc1=O. The highest BCUT2D eigenvalue weighted by molar-refractivity contribution is 9.08. The van der Waals surface area contributed by atoms with Crippen molar-refractivity contribution in [3.63, 3.8) is 0 Å². The summed E-state index contributed by atoms with van der Waals surface area (Å²) < 4.78 is 9.73. The Bertz CT molecular complexity index is 292. The predicted molar refractivity (Wildman–Crippen MR) is 44.2 cm³/mol. The lowest BCUT2D eigenvalue weighted by Gasteiger charge is -1.97. The summed E-state index contributed by atoms with van der Waals surface area (Å²) in [4.78, 5) is 11.0. The molecule has 4 heteroatoms. The molecule has 0 aromatic carbocycles. The Morgan fingerprint density at radius 3 is 2.91 bits per heavy atom. The second kappa shape index (κ2) is 3.57. The highest BCUT2D eigenvalue weighted by Gasteiger charge is 2.00. The number of ether oxygens (including phenoxy) is 1. The van der Waals surface area contributed by atoms with Crippen molar-refractivity contribution in [3.05, 3.63) is 28.3 Å². The molecule has 0 aliphatic rings. The van der Waals surface area contributed by atoms with Gasteiger partial charge in [-0.15, -0.1) is 0 Å². The van der Waals surface area contributed by atoms with Crippen LogP contribution in [0.25, 0.3) is 0 Å². The Balaban J connectivity index is 3.10. The molecule has 0 atom stereocenters. The molecule has 1 aromatic heterocycles. The van der Waals surface area contributed by atoms with E-state index in [0.29, 0.717) is 11.1 Å². The molecule has 11 heavy (non-hydrogen) atoms. The van der Waals surface area contributed by atoms with Crippen molar-refractivity contribution < 1.29 is 9.15 Å². The molecule has 0 radical (unpaired) electrons. The molecule has 0 fully saturated rings. The van der Waals surface area contributed by atoms with Crippen LogP contribution in [0.3, 0.4) is 0 Å². The number of methoxy groups -OCH3 is 1. The van der Waals surface area contributed by atoms with Crippen LogP contribution < -0.4 is 10.2 Å². The van der Waals surface area contributed by atoms with E-state index >= 15 is 0 Å². The molecule has 1 heterocycles. The van der Waals surface area contributed by atoms with Crippen molar-refractivity contribution in [2.24, 2.45) is 0 Å². The van der Waals surface area contributed by atoms with Crippen LogP contribution in [0.4, 0.5) is 0 Å². The van der Waals surface area contributed by atoms with Crippen molar-refractivity contribution >= 4 is 15.9 Å². The summed E-state index contributed by atoms with van der Waals surface area (Å²) in [6.45, 7) is 0. The van der Waals surface area contributed by atoms with Crippen LogP contribution in [0.1, 0.15) is 5.76 Å². The van der Waals surface area contributed by atoms with Crippen LogP contribution in [0, 0.1) is 0 Å². The summed E-state index contributed by atoms with van der Waals surface area (Å²) in [5, 5.41) is 0.534. The fourth-order valence-electron chi connectivity index (χ4n) is 0.657. The van der Waals surface area contributed by atoms with Gasteiger partial charge in [0.05, 0.1) is 12.4 Å². The quantitative estimate of drug-likeness (QED) is 0.708. The van der Waals surface area contributed by atoms with Gasteiger partial charge in [0.1, 0.15) is 12.0 Å². The van der Waals surface area contributed by atoms with Gasteiger partial charge in [-0.2, -0.15) is 0 Å². The minimum Gasteiger partial charge on any atom is -0.490 e. The molecule has 0 spiro atoms. The number of hydrogen-bond acceptors (Lipinski definition) is 3. The Labute approximate surface area is 72.1 Å². The Morgan fingerprint density at radius 1 is 1.73 bits per heavy atom. The van der Waals surface area contributed by atoms with Crippen LogP contribution in [0.5, 0.6) is 5.75 Å². The molecule has 0 aliphatic heterocycles. The zero-order chi connectivity index (χ0) is 8.27. The van der Waals surface area contributed by atoms with E-state index in [1.807, 2.05) is 0 Å². The van der Waals surface area contributed by atoms with Crippen LogP contribution in [0.15, 0.2) is 21.5 Å². The van der Waals surface area contributed by atoms with Gasteiger partial charge in [0.2, 0.25) is 11.2 Å². The third kappa shape index (κ3) is 1.83. The van der Waals surface area contributed by atoms with Crippen molar-refractivity contribution in [2.45, 2.75) is 5.33 Å². The zero-order valence-electron chi connectivity index (χ0n) is 5.96. The van der Waals surface area contributed by atoms with E-state index in [2.05, 4.69) is 15.9 Å². The average molecular weight is 219 g/mol. The number of alkyl halides is 1. The number of halogens is 1. The topological polar surface area (TPSA) is 39.4 Å². The monoisotopic (exact) mass is 218 g/mol. The highest BCUT2D eigenvalue weighted by Crippen LogP contribution is 2.07. The maximum atomic E-state index is 11.0. The second-order valence-corrected chi connectivity index (χ2v) is 2.47. The average Bonchev–Trinajstić information content (AvgIpc) is 2.04. The van der Waals surface area contributed by atoms with Gasteiger partial charge < -0.3 is 9.15 Å². The molecular weight excluding hydrogens is 212 g/mol. The van der Waals surface area contributed by atoms with E-state index in [1.165, 1.54) is 19.4 Å². The highest BCUT2D eigenvalue weighted by atomic mass is 79.9. The fraction of sp³-hybridized carbons (Fsp3) is 0.286. The van der Waals surface area contributed by atoms with Gasteiger partial charge in [-0.3, -0.25) is 4.79 Å². The third-order valence-corrected chi connectivity index (χ3v) is 1.76. The minimum atomic E-state index is -0.159. The second-order valence-electron chi connectivity index (χ2n) is 1.91. The first-order valence-electron chi connectivity index (χ1n) is 2.99. The summed E-state index contributed by atoms with van der Waals surface area (Å²) in [5.41, 5.74) is -0.159. The molecule has 0 unspecified atom stereocenters. The molecule has 0 aliphatic carbocycles. The Morgan fingerprint density at radius 2 is 2.45 bits per heavy atom. The Kier molecular flexibility index (Phi) is 2.70. The molecule has 0 saturated carbocycles. The lowest BCUT2D eigenvalue weighted by Crippen LogP contribution is -2.03. The lowest BCUT2D eigenvalue weighted by atomic mass is 10.4. The molecule has 1 rings (SSSR count). The molecule has 3 nitrogen and oxygen atoms in total. The maximum Gasteiger partial charge on any atom is 0.227 e. The van der Waals surface area contributed by atoms with Gasteiger partial charge in [0.15, 0.2) is 0 Å². The van der Waals surface area contributed by atoms with E-state index < -0.39 is 0 Å². The van der Waals surface area contributed by atoms with Crippen molar-refractivity contribution in [1.82, 2.24) is 0 Å². The molecule has 1 aromatic rings. The molecule has 60 valence electrons. The summed E-state index contributed by atoms with van der Waals surface area (Å²) in [5.74, 6) is 0.825.